The van der Waals surface area contributed by atoms with Gasteiger partial charge in [0.05, 0.1) is 11.6 Å². The molecule has 0 bridgehead atoms. The number of carbonyl (C=O) groups excluding carboxylic acids is 2. The number of amides is 1. The molecule has 1 N–H and O–H groups in total. The molecule has 0 aromatic carbocycles. The van der Waals surface area contributed by atoms with Crippen molar-refractivity contribution in [3.05, 3.63) is 41.4 Å². The number of nitrogens with zero attached hydrogens (tertiary/aromatic N) is 3. The van der Waals surface area contributed by atoms with E-state index in [0.717, 1.165) is 25.2 Å². The van der Waals surface area contributed by atoms with Crippen LogP contribution in [0.2, 0.25) is 0 Å². The Kier molecular flexibility index (Phi) is 4.94. The average molecular weight is 329 g/mol. The minimum atomic E-state index is -0.525. The number of likely N-dealkylation sites (tertiary alicyclic amines) is 1. The first-order valence-corrected chi connectivity index (χ1v) is 8.47. The van der Waals surface area contributed by atoms with Crippen molar-refractivity contribution in [2.75, 3.05) is 26.2 Å². The number of Topliss-reactive ketones (excluding diaryl/α,β-unsaturated/α-hetero) is 1. The smallest absolute Gasteiger partial charge is 0.290 e. The molecule has 1 amide bonds. The van der Waals surface area contributed by atoms with Gasteiger partial charge in [-0.2, -0.15) is 0 Å². The molecule has 24 heavy (non-hydrogen) atoms. The summed E-state index contributed by atoms with van der Waals surface area (Å²) in [4.78, 5) is 32.5. The van der Waals surface area contributed by atoms with Gasteiger partial charge in [0.2, 0.25) is 0 Å². The van der Waals surface area contributed by atoms with Gasteiger partial charge >= 0.3 is 0 Å². The van der Waals surface area contributed by atoms with Crippen LogP contribution in [-0.2, 0) is 9.59 Å². The number of hydrogen-bond donors (Lipinski definition) is 1. The van der Waals surface area contributed by atoms with E-state index in [-0.39, 0.29) is 11.4 Å². The fourth-order valence-corrected chi connectivity index (χ4v) is 3.57. The van der Waals surface area contributed by atoms with Crippen molar-refractivity contribution in [2.24, 2.45) is 0 Å². The lowest BCUT2D eigenvalue weighted by Crippen LogP contribution is -2.40. The van der Waals surface area contributed by atoms with Crippen LogP contribution in [0.4, 0.5) is 0 Å². The van der Waals surface area contributed by atoms with Gasteiger partial charge in [0.25, 0.3) is 5.91 Å². The number of aliphatic hydroxyl groups excluding tert-OH is 1. The summed E-state index contributed by atoms with van der Waals surface area (Å²) in [6.07, 6.45) is 6.90. The Morgan fingerprint density at radius 3 is 2.50 bits per heavy atom. The zero-order chi connectivity index (χ0) is 17.1. The number of rotatable bonds is 5. The molecule has 2 aliphatic rings. The molecule has 0 saturated carbocycles. The van der Waals surface area contributed by atoms with Crippen LogP contribution in [0.3, 0.4) is 0 Å². The Morgan fingerprint density at radius 2 is 1.88 bits per heavy atom. The summed E-state index contributed by atoms with van der Waals surface area (Å²) in [6, 6.07) is 3.05. The molecule has 0 spiro atoms. The predicted octanol–water partition coefficient (Wildman–Crippen LogP) is 1.85. The Bertz CT molecular complexity index is 651. The third kappa shape index (κ3) is 3.19. The summed E-state index contributed by atoms with van der Waals surface area (Å²) in [5.74, 6) is -1.15. The first-order chi connectivity index (χ1) is 11.6. The second kappa shape index (κ2) is 7.13. The first-order valence-electron chi connectivity index (χ1n) is 8.47. The number of aliphatic hydroxyl groups is 1. The lowest BCUT2D eigenvalue weighted by atomic mass is 9.97. The maximum absolute atomic E-state index is 12.5. The van der Waals surface area contributed by atoms with Crippen molar-refractivity contribution in [1.29, 1.82) is 0 Å². The predicted molar refractivity (Wildman–Crippen MR) is 89.3 cm³/mol. The van der Waals surface area contributed by atoms with E-state index in [1.807, 2.05) is 0 Å². The quantitative estimate of drug-likeness (QED) is 0.892. The molecule has 6 nitrogen and oxygen atoms in total. The highest BCUT2D eigenvalue weighted by molar-refractivity contribution is 6.08. The number of ketones is 1. The molecule has 2 aliphatic heterocycles. The van der Waals surface area contributed by atoms with E-state index in [2.05, 4.69) is 9.88 Å². The molecule has 1 aromatic heterocycles. The van der Waals surface area contributed by atoms with Crippen LogP contribution in [-0.4, -0.2) is 57.8 Å². The van der Waals surface area contributed by atoms with E-state index in [4.69, 9.17) is 0 Å². The third-order valence-electron chi connectivity index (χ3n) is 4.81. The minimum absolute atomic E-state index is 0.185. The fourth-order valence-electron chi connectivity index (χ4n) is 3.57. The highest BCUT2D eigenvalue weighted by Gasteiger charge is 2.42. The molecule has 1 fully saturated rings. The molecular weight excluding hydrogens is 306 g/mol. The van der Waals surface area contributed by atoms with E-state index in [1.165, 1.54) is 26.2 Å². The van der Waals surface area contributed by atoms with Gasteiger partial charge in [-0.15, -0.1) is 0 Å². The number of piperidine rings is 1. The minimum Gasteiger partial charge on any atom is -0.503 e. The van der Waals surface area contributed by atoms with Crippen molar-refractivity contribution >= 4 is 11.7 Å². The number of aromatic nitrogens is 1. The lowest BCUT2D eigenvalue weighted by molar-refractivity contribution is -0.129. The van der Waals surface area contributed by atoms with E-state index >= 15 is 0 Å². The summed E-state index contributed by atoms with van der Waals surface area (Å²) in [6.45, 7) is 4.72. The Labute approximate surface area is 141 Å². The van der Waals surface area contributed by atoms with Gasteiger partial charge in [-0.05, 0) is 50.6 Å². The number of hydrogen-bond acceptors (Lipinski definition) is 5. The van der Waals surface area contributed by atoms with Gasteiger partial charge in [-0.25, -0.2) is 0 Å². The van der Waals surface area contributed by atoms with Gasteiger partial charge in [0, 0.05) is 25.5 Å². The molecule has 1 aromatic rings. The van der Waals surface area contributed by atoms with Crippen LogP contribution in [0, 0.1) is 0 Å². The molecule has 3 heterocycles. The second-order valence-electron chi connectivity index (χ2n) is 6.40. The van der Waals surface area contributed by atoms with E-state index < -0.39 is 17.7 Å². The maximum atomic E-state index is 12.5. The Hall–Kier alpha value is -2.21. The molecule has 1 saturated heterocycles. The van der Waals surface area contributed by atoms with Gasteiger partial charge in [-0.1, -0.05) is 6.42 Å². The zero-order valence-electron chi connectivity index (χ0n) is 13.9. The molecule has 0 radical (unpaired) electrons. The van der Waals surface area contributed by atoms with Crippen molar-refractivity contribution < 1.29 is 14.7 Å². The second-order valence-corrected chi connectivity index (χ2v) is 6.40. The fraction of sp³-hybridized carbons (Fsp3) is 0.500. The van der Waals surface area contributed by atoms with Crippen LogP contribution in [0.25, 0.3) is 0 Å². The van der Waals surface area contributed by atoms with Gasteiger partial charge < -0.3 is 14.9 Å². The summed E-state index contributed by atoms with van der Waals surface area (Å²) < 4.78 is 0. The van der Waals surface area contributed by atoms with Crippen LogP contribution >= 0.6 is 0 Å². The molecule has 1 atom stereocenters. The zero-order valence-corrected chi connectivity index (χ0v) is 13.9. The van der Waals surface area contributed by atoms with Crippen molar-refractivity contribution in [3.8, 4) is 0 Å². The third-order valence-corrected chi connectivity index (χ3v) is 4.81. The van der Waals surface area contributed by atoms with Crippen LogP contribution in [0.5, 0.6) is 0 Å². The number of carbonyl (C=O) groups is 2. The van der Waals surface area contributed by atoms with Gasteiger partial charge in [-0.3, -0.25) is 14.6 Å². The monoisotopic (exact) mass is 329 g/mol. The molecule has 0 aliphatic carbocycles. The summed E-state index contributed by atoms with van der Waals surface area (Å²) in [7, 11) is 0. The first kappa shape index (κ1) is 16.6. The summed E-state index contributed by atoms with van der Waals surface area (Å²) >= 11 is 0. The van der Waals surface area contributed by atoms with Crippen molar-refractivity contribution in [1.82, 2.24) is 14.8 Å². The summed E-state index contributed by atoms with van der Waals surface area (Å²) in [5.41, 5.74) is 0.982. The highest BCUT2D eigenvalue weighted by Crippen LogP contribution is 2.37. The molecule has 3 rings (SSSR count). The lowest BCUT2D eigenvalue weighted by Gasteiger charge is -2.31. The topological polar surface area (TPSA) is 73.7 Å². The van der Waals surface area contributed by atoms with Crippen molar-refractivity contribution in [2.45, 2.75) is 32.2 Å². The molecular formula is C18H23N3O3. The van der Waals surface area contributed by atoms with Crippen LogP contribution in [0.15, 0.2) is 35.9 Å². The number of pyridine rings is 1. The Morgan fingerprint density at radius 1 is 1.21 bits per heavy atom. The molecule has 6 heteroatoms. The van der Waals surface area contributed by atoms with E-state index in [0.29, 0.717) is 6.54 Å². The summed E-state index contributed by atoms with van der Waals surface area (Å²) in [5, 5.41) is 10.2. The Balaban J connectivity index is 1.83. The standard InChI is InChI=1S/C18H23N3O3/c1-13(22)15-16(14-5-7-19-8-6-14)21(18(24)17(15)23)12-11-20-9-3-2-4-10-20/h5-8,16,23H,2-4,9-12H2,1H3. The SMILES string of the molecule is CC(=O)C1=C(O)C(=O)N(CCN2CCCCC2)C1c1ccncc1. The highest BCUT2D eigenvalue weighted by atomic mass is 16.3. The maximum Gasteiger partial charge on any atom is 0.290 e. The van der Waals surface area contributed by atoms with E-state index in [1.54, 1.807) is 29.4 Å². The molecule has 128 valence electrons. The average Bonchev–Trinajstić information content (AvgIpc) is 2.86. The normalized spacial score (nSPS) is 22.3. The van der Waals surface area contributed by atoms with Crippen LogP contribution < -0.4 is 0 Å². The van der Waals surface area contributed by atoms with Crippen LogP contribution in [0.1, 0.15) is 37.8 Å². The van der Waals surface area contributed by atoms with Crippen molar-refractivity contribution in [3.63, 3.8) is 0 Å². The van der Waals surface area contributed by atoms with E-state index in [9.17, 15) is 14.7 Å². The largest absolute Gasteiger partial charge is 0.503 e. The van der Waals surface area contributed by atoms with Gasteiger partial charge in [0.15, 0.2) is 11.5 Å². The van der Waals surface area contributed by atoms with Gasteiger partial charge in [0.1, 0.15) is 0 Å². The molecule has 1 unspecified atom stereocenters.